The lowest BCUT2D eigenvalue weighted by atomic mass is 10.0. The van der Waals surface area contributed by atoms with Crippen molar-refractivity contribution in [3.8, 4) is 0 Å². The van der Waals surface area contributed by atoms with E-state index in [0.29, 0.717) is 22.8 Å². The predicted octanol–water partition coefficient (Wildman–Crippen LogP) is 5.45. The Hall–Kier alpha value is -2.87. The van der Waals surface area contributed by atoms with Crippen LogP contribution >= 0.6 is 11.6 Å². The zero-order valence-corrected chi connectivity index (χ0v) is 23.0. The maximum Gasteiger partial charge on any atom is 0.264 e. The number of carbonyl (C=O) groups excluding carboxylic acids is 1. The Labute approximate surface area is 225 Å². The SMILES string of the molecule is Cc1ccc(S(=O)(=O)N(CC(=O)NCc2ccccc2CN2CCCCC2)c2cccc(Cl)c2C)cc1. The molecule has 0 aromatic heterocycles. The highest BCUT2D eigenvalue weighted by molar-refractivity contribution is 7.92. The molecule has 1 saturated heterocycles. The van der Waals surface area contributed by atoms with Crippen molar-refractivity contribution in [1.82, 2.24) is 10.2 Å². The van der Waals surface area contributed by atoms with Gasteiger partial charge in [0, 0.05) is 18.1 Å². The minimum atomic E-state index is -4.01. The van der Waals surface area contributed by atoms with Crippen LogP contribution in [-0.4, -0.2) is 38.9 Å². The molecule has 196 valence electrons. The quantitative estimate of drug-likeness (QED) is 0.392. The van der Waals surface area contributed by atoms with Gasteiger partial charge in [0.05, 0.1) is 10.6 Å². The Balaban J connectivity index is 1.54. The number of nitrogens with zero attached hydrogens (tertiary/aromatic N) is 2. The van der Waals surface area contributed by atoms with Gasteiger partial charge in [0.25, 0.3) is 10.0 Å². The average molecular weight is 540 g/mol. The molecule has 0 radical (unpaired) electrons. The molecule has 37 heavy (non-hydrogen) atoms. The molecule has 0 bridgehead atoms. The van der Waals surface area contributed by atoms with E-state index in [4.69, 9.17) is 11.6 Å². The first-order valence-corrected chi connectivity index (χ1v) is 14.5. The van der Waals surface area contributed by atoms with Crippen molar-refractivity contribution in [2.24, 2.45) is 0 Å². The van der Waals surface area contributed by atoms with Crippen LogP contribution in [0.1, 0.15) is 41.5 Å². The largest absolute Gasteiger partial charge is 0.350 e. The Kier molecular flexibility index (Phi) is 8.90. The lowest BCUT2D eigenvalue weighted by molar-refractivity contribution is -0.119. The van der Waals surface area contributed by atoms with Gasteiger partial charge >= 0.3 is 0 Å². The normalized spacial score (nSPS) is 14.4. The van der Waals surface area contributed by atoms with E-state index in [-0.39, 0.29) is 17.3 Å². The molecule has 3 aromatic rings. The number of nitrogens with one attached hydrogen (secondary N) is 1. The number of sulfonamides is 1. The fourth-order valence-corrected chi connectivity index (χ4v) is 6.27. The standard InChI is InChI=1S/C29H34ClN3O3S/c1-22-13-15-26(16-14-22)37(35,36)33(28-12-8-11-27(30)23(28)2)21-29(34)31-19-24-9-4-5-10-25(24)20-32-17-6-3-7-18-32/h4-5,8-16H,3,6-7,17-21H2,1-2H3,(H,31,34). The molecule has 0 atom stereocenters. The van der Waals surface area contributed by atoms with Crippen molar-refractivity contribution in [2.75, 3.05) is 23.9 Å². The molecule has 6 nitrogen and oxygen atoms in total. The second kappa shape index (κ2) is 12.1. The summed E-state index contributed by atoms with van der Waals surface area (Å²) >= 11 is 6.32. The molecule has 1 heterocycles. The molecular weight excluding hydrogens is 506 g/mol. The monoisotopic (exact) mass is 539 g/mol. The molecule has 1 N–H and O–H groups in total. The van der Waals surface area contributed by atoms with Crippen LogP contribution in [0.5, 0.6) is 0 Å². The Bertz CT molecular complexity index is 1340. The predicted molar refractivity (Wildman–Crippen MR) is 149 cm³/mol. The topological polar surface area (TPSA) is 69.7 Å². The van der Waals surface area contributed by atoms with Crippen LogP contribution < -0.4 is 9.62 Å². The lowest BCUT2D eigenvalue weighted by Crippen LogP contribution is -2.41. The van der Waals surface area contributed by atoms with Crippen molar-refractivity contribution in [2.45, 2.75) is 51.1 Å². The van der Waals surface area contributed by atoms with Crippen molar-refractivity contribution in [3.05, 3.63) is 94.0 Å². The van der Waals surface area contributed by atoms with Crippen LogP contribution in [0.25, 0.3) is 0 Å². The van der Waals surface area contributed by atoms with Crippen LogP contribution in [0, 0.1) is 13.8 Å². The summed E-state index contributed by atoms with van der Waals surface area (Å²) in [6.07, 6.45) is 3.71. The van der Waals surface area contributed by atoms with Gasteiger partial charge in [-0.3, -0.25) is 14.0 Å². The van der Waals surface area contributed by atoms with E-state index in [1.54, 1.807) is 49.4 Å². The van der Waals surface area contributed by atoms with Crippen LogP contribution in [0.3, 0.4) is 0 Å². The van der Waals surface area contributed by atoms with Gasteiger partial charge in [0.2, 0.25) is 5.91 Å². The second-order valence-corrected chi connectivity index (χ2v) is 11.9. The number of halogens is 1. The van der Waals surface area contributed by atoms with E-state index in [0.717, 1.165) is 35.1 Å². The number of likely N-dealkylation sites (tertiary alicyclic amines) is 1. The Morgan fingerprint density at radius 1 is 0.919 bits per heavy atom. The summed E-state index contributed by atoms with van der Waals surface area (Å²) in [7, 11) is -4.01. The van der Waals surface area contributed by atoms with Gasteiger partial charge < -0.3 is 5.32 Å². The number of anilines is 1. The minimum absolute atomic E-state index is 0.122. The zero-order chi connectivity index (χ0) is 26.4. The van der Waals surface area contributed by atoms with Gasteiger partial charge in [-0.1, -0.05) is 66.0 Å². The summed E-state index contributed by atoms with van der Waals surface area (Å²) < 4.78 is 28.5. The number of piperidine rings is 1. The third-order valence-corrected chi connectivity index (χ3v) is 9.02. The van der Waals surface area contributed by atoms with Crippen molar-refractivity contribution in [1.29, 1.82) is 0 Å². The summed E-state index contributed by atoms with van der Waals surface area (Å²) in [5, 5.41) is 3.39. The maximum absolute atomic E-state index is 13.7. The van der Waals surface area contributed by atoms with Gasteiger partial charge in [-0.2, -0.15) is 0 Å². The second-order valence-electron chi connectivity index (χ2n) is 9.59. The van der Waals surface area contributed by atoms with Gasteiger partial charge in [0.1, 0.15) is 6.54 Å². The highest BCUT2D eigenvalue weighted by Crippen LogP contribution is 2.31. The molecule has 1 fully saturated rings. The van der Waals surface area contributed by atoms with Crippen molar-refractivity contribution in [3.63, 3.8) is 0 Å². The number of carbonyl (C=O) groups is 1. The molecule has 0 saturated carbocycles. The first-order valence-electron chi connectivity index (χ1n) is 12.7. The summed E-state index contributed by atoms with van der Waals surface area (Å²) in [6, 6.07) is 19.8. The fraction of sp³-hybridized carbons (Fsp3) is 0.345. The molecule has 8 heteroatoms. The average Bonchev–Trinajstić information content (AvgIpc) is 2.89. The van der Waals surface area contributed by atoms with E-state index in [1.165, 1.54) is 24.8 Å². The molecule has 0 spiro atoms. The van der Waals surface area contributed by atoms with E-state index >= 15 is 0 Å². The molecule has 0 unspecified atom stereocenters. The fourth-order valence-electron chi connectivity index (χ4n) is 4.63. The van der Waals surface area contributed by atoms with Crippen molar-refractivity contribution < 1.29 is 13.2 Å². The van der Waals surface area contributed by atoms with Gasteiger partial charge in [-0.25, -0.2) is 8.42 Å². The lowest BCUT2D eigenvalue weighted by Gasteiger charge is -2.27. The van der Waals surface area contributed by atoms with Gasteiger partial charge in [0.15, 0.2) is 0 Å². The van der Waals surface area contributed by atoms with E-state index in [1.807, 2.05) is 25.1 Å². The third kappa shape index (κ3) is 6.72. The van der Waals surface area contributed by atoms with Crippen molar-refractivity contribution >= 4 is 33.2 Å². The van der Waals surface area contributed by atoms with E-state index in [9.17, 15) is 13.2 Å². The molecule has 1 amide bonds. The minimum Gasteiger partial charge on any atom is -0.350 e. The molecule has 1 aliphatic rings. The van der Waals surface area contributed by atoms with Crippen LogP contribution in [0.15, 0.2) is 71.6 Å². The molecule has 4 rings (SSSR count). The number of aryl methyl sites for hydroxylation is 1. The molecule has 0 aliphatic carbocycles. The van der Waals surface area contributed by atoms with Gasteiger partial charge in [-0.15, -0.1) is 0 Å². The summed E-state index contributed by atoms with van der Waals surface area (Å²) in [4.78, 5) is 15.7. The first-order chi connectivity index (χ1) is 17.8. The van der Waals surface area contributed by atoms with Crippen LogP contribution in [0.2, 0.25) is 5.02 Å². The Morgan fingerprint density at radius 3 is 2.30 bits per heavy atom. The Morgan fingerprint density at radius 2 is 1.59 bits per heavy atom. The third-order valence-electron chi connectivity index (χ3n) is 6.84. The summed E-state index contributed by atoms with van der Waals surface area (Å²) in [5.41, 5.74) is 4.14. The smallest absolute Gasteiger partial charge is 0.264 e. The maximum atomic E-state index is 13.7. The number of hydrogen-bond acceptors (Lipinski definition) is 4. The first kappa shape index (κ1) is 27.2. The van der Waals surface area contributed by atoms with Crippen LogP contribution in [0.4, 0.5) is 5.69 Å². The number of amides is 1. The molecular formula is C29H34ClN3O3S. The summed E-state index contributed by atoms with van der Waals surface area (Å²) in [5.74, 6) is -0.386. The summed E-state index contributed by atoms with van der Waals surface area (Å²) in [6.45, 7) is 6.65. The highest BCUT2D eigenvalue weighted by atomic mass is 35.5. The van der Waals surface area contributed by atoms with Crippen LogP contribution in [-0.2, 0) is 27.9 Å². The van der Waals surface area contributed by atoms with Gasteiger partial charge in [-0.05, 0) is 80.7 Å². The molecule has 3 aromatic carbocycles. The number of benzene rings is 3. The number of hydrogen-bond donors (Lipinski definition) is 1. The molecule has 1 aliphatic heterocycles. The zero-order valence-electron chi connectivity index (χ0n) is 21.4. The number of rotatable bonds is 9. The highest BCUT2D eigenvalue weighted by Gasteiger charge is 2.29. The van der Waals surface area contributed by atoms with E-state index < -0.39 is 10.0 Å². The van der Waals surface area contributed by atoms with E-state index in [2.05, 4.69) is 16.3 Å².